The molecule has 1 aromatic rings. The van der Waals surface area contributed by atoms with Crippen molar-refractivity contribution in [2.24, 2.45) is 0 Å². The number of nitrogens with zero attached hydrogens (tertiary/aromatic N) is 1. The summed E-state index contributed by atoms with van der Waals surface area (Å²) in [5.41, 5.74) is 0.767. The van der Waals surface area contributed by atoms with Crippen molar-refractivity contribution in [1.82, 2.24) is 10.2 Å². The van der Waals surface area contributed by atoms with Crippen molar-refractivity contribution >= 4 is 15.7 Å². The molecule has 1 aliphatic rings. The second kappa shape index (κ2) is 8.76. The van der Waals surface area contributed by atoms with E-state index in [0.717, 1.165) is 18.4 Å². The fourth-order valence-electron chi connectivity index (χ4n) is 3.26. The molecule has 1 atom stereocenters. The molecule has 2 rings (SSSR count). The summed E-state index contributed by atoms with van der Waals surface area (Å²) in [6.07, 6.45) is 3.31. The third-order valence-corrected chi connectivity index (χ3v) is 7.03. The lowest BCUT2D eigenvalue weighted by Gasteiger charge is -2.25. The number of rotatable bonds is 8. The molecule has 0 bridgehead atoms. The quantitative estimate of drug-likeness (QED) is 0.762. The van der Waals surface area contributed by atoms with E-state index in [1.807, 2.05) is 25.1 Å². The third kappa shape index (κ3) is 5.78. The van der Waals surface area contributed by atoms with E-state index in [0.29, 0.717) is 19.4 Å². The van der Waals surface area contributed by atoms with Gasteiger partial charge in [0.1, 0.15) is 5.82 Å². The highest BCUT2D eigenvalue weighted by Crippen LogP contribution is 2.25. The van der Waals surface area contributed by atoms with Crippen molar-refractivity contribution in [3.63, 3.8) is 0 Å². The predicted octanol–water partition coefficient (Wildman–Crippen LogP) is 2.29. The van der Waals surface area contributed by atoms with Gasteiger partial charge in [0.15, 0.2) is 9.84 Å². The molecule has 1 amide bonds. The van der Waals surface area contributed by atoms with Crippen LogP contribution in [0.4, 0.5) is 4.39 Å². The lowest BCUT2D eigenvalue weighted by atomic mass is 10.1. The van der Waals surface area contributed by atoms with Crippen LogP contribution in [0, 0.1) is 5.82 Å². The Kier molecular flexibility index (Phi) is 6.95. The maximum Gasteiger partial charge on any atom is 0.221 e. The van der Waals surface area contributed by atoms with Gasteiger partial charge in [-0.25, -0.2) is 12.8 Å². The van der Waals surface area contributed by atoms with E-state index >= 15 is 0 Å². The number of hydrogen-bond donors (Lipinski definition) is 1. The first-order chi connectivity index (χ1) is 11.8. The van der Waals surface area contributed by atoms with Crippen molar-refractivity contribution in [2.75, 3.05) is 26.4 Å². The van der Waals surface area contributed by atoms with Crippen molar-refractivity contribution in [3.8, 4) is 0 Å². The fraction of sp³-hybridized carbons (Fsp3) is 0.611. The molecule has 5 nitrogen and oxygen atoms in total. The number of likely N-dealkylation sites (N-methyl/N-ethyl adjacent to an activating group) is 1. The Morgan fingerprint density at radius 1 is 1.32 bits per heavy atom. The number of carbonyl (C=O) groups excluding carboxylic acids is 1. The number of amides is 1. The van der Waals surface area contributed by atoms with Crippen LogP contribution in [0.1, 0.15) is 43.7 Å². The van der Waals surface area contributed by atoms with E-state index in [1.165, 1.54) is 12.1 Å². The number of hydrogen-bond acceptors (Lipinski definition) is 4. The maximum atomic E-state index is 13.4. The van der Waals surface area contributed by atoms with Crippen molar-refractivity contribution in [2.45, 2.75) is 43.4 Å². The van der Waals surface area contributed by atoms with Crippen LogP contribution in [0.3, 0.4) is 0 Å². The van der Waals surface area contributed by atoms with Gasteiger partial charge in [-0.05, 0) is 44.6 Å². The molecular formula is C18H27FN2O3S. The standard InChI is InChI=1S/C18H27FN2O3S/c1-21(2)17(14-6-5-7-15(19)12-14)13-20-18(22)10-11-25(23,24)16-8-3-4-9-16/h5-7,12,16-17H,3-4,8-11,13H2,1-2H3,(H,20,22). The van der Waals surface area contributed by atoms with Crippen molar-refractivity contribution in [3.05, 3.63) is 35.6 Å². The Bertz CT molecular complexity index is 685. The highest BCUT2D eigenvalue weighted by atomic mass is 32.2. The molecule has 1 saturated carbocycles. The minimum Gasteiger partial charge on any atom is -0.354 e. The molecule has 0 heterocycles. The number of sulfone groups is 1. The third-order valence-electron chi connectivity index (χ3n) is 4.77. The van der Waals surface area contributed by atoms with Crippen LogP contribution in [0.15, 0.2) is 24.3 Å². The molecule has 1 aromatic carbocycles. The molecule has 0 radical (unpaired) electrons. The predicted molar refractivity (Wildman–Crippen MR) is 96.5 cm³/mol. The van der Waals surface area contributed by atoms with Gasteiger partial charge in [-0.1, -0.05) is 25.0 Å². The second-order valence-electron chi connectivity index (χ2n) is 6.86. The first kappa shape index (κ1) is 19.8. The monoisotopic (exact) mass is 370 g/mol. The normalized spacial score (nSPS) is 17.0. The van der Waals surface area contributed by atoms with Gasteiger partial charge in [-0.15, -0.1) is 0 Å². The molecule has 25 heavy (non-hydrogen) atoms. The average molecular weight is 370 g/mol. The summed E-state index contributed by atoms with van der Waals surface area (Å²) in [6, 6.07) is 6.09. The minimum absolute atomic E-state index is 0.0257. The summed E-state index contributed by atoms with van der Waals surface area (Å²) in [7, 11) is 0.518. The van der Waals surface area contributed by atoms with Crippen LogP contribution in [0.25, 0.3) is 0 Å². The zero-order valence-electron chi connectivity index (χ0n) is 14.9. The molecule has 0 aliphatic heterocycles. The zero-order chi connectivity index (χ0) is 18.4. The van der Waals surface area contributed by atoms with Crippen LogP contribution >= 0.6 is 0 Å². The van der Waals surface area contributed by atoms with E-state index < -0.39 is 9.84 Å². The van der Waals surface area contributed by atoms with Crippen molar-refractivity contribution < 1.29 is 17.6 Å². The van der Waals surface area contributed by atoms with Gasteiger partial charge in [0.05, 0.1) is 17.0 Å². The van der Waals surface area contributed by atoms with Gasteiger partial charge in [0, 0.05) is 13.0 Å². The van der Waals surface area contributed by atoms with Crippen LogP contribution < -0.4 is 5.32 Å². The van der Waals surface area contributed by atoms with Gasteiger partial charge in [-0.2, -0.15) is 0 Å². The van der Waals surface area contributed by atoms with Crippen LogP contribution in [0.5, 0.6) is 0 Å². The van der Waals surface area contributed by atoms with Gasteiger partial charge in [0.2, 0.25) is 5.91 Å². The van der Waals surface area contributed by atoms with Crippen LogP contribution in [-0.4, -0.2) is 50.9 Å². The first-order valence-electron chi connectivity index (χ1n) is 8.70. The molecular weight excluding hydrogens is 343 g/mol. The number of benzene rings is 1. The molecule has 0 aromatic heterocycles. The summed E-state index contributed by atoms with van der Waals surface area (Å²) in [4.78, 5) is 14.0. The topological polar surface area (TPSA) is 66.5 Å². The van der Waals surface area contributed by atoms with E-state index in [2.05, 4.69) is 5.32 Å². The Morgan fingerprint density at radius 3 is 2.60 bits per heavy atom. The lowest BCUT2D eigenvalue weighted by molar-refractivity contribution is -0.120. The second-order valence-corrected chi connectivity index (χ2v) is 9.26. The first-order valence-corrected chi connectivity index (χ1v) is 10.4. The fourth-order valence-corrected chi connectivity index (χ4v) is 5.12. The average Bonchev–Trinajstić information content (AvgIpc) is 3.08. The summed E-state index contributed by atoms with van der Waals surface area (Å²) in [6.45, 7) is 0.304. The molecule has 0 saturated heterocycles. The minimum atomic E-state index is -3.19. The smallest absolute Gasteiger partial charge is 0.221 e. The molecule has 0 spiro atoms. The summed E-state index contributed by atoms with van der Waals surface area (Å²) in [5, 5.41) is 2.50. The Morgan fingerprint density at radius 2 is 2.00 bits per heavy atom. The van der Waals surface area contributed by atoms with Crippen LogP contribution in [-0.2, 0) is 14.6 Å². The lowest BCUT2D eigenvalue weighted by Crippen LogP contribution is -2.35. The van der Waals surface area contributed by atoms with Gasteiger partial charge in [-0.3, -0.25) is 4.79 Å². The Balaban J connectivity index is 1.87. The highest BCUT2D eigenvalue weighted by Gasteiger charge is 2.29. The zero-order valence-corrected chi connectivity index (χ0v) is 15.7. The number of halogens is 1. The van der Waals surface area contributed by atoms with Gasteiger partial charge < -0.3 is 10.2 Å². The summed E-state index contributed by atoms with van der Waals surface area (Å²) < 4.78 is 37.8. The van der Waals surface area contributed by atoms with Crippen LogP contribution in [0.2, 0.25) is 0 Å². The summed E-state index contributed by atoms with van der Waals surface area (Å²) >= 11 is 0. The Hall–Kier alpha value is -1.47. The van der Waals surface area contributed by atoms with Gasteiger partial charge >= 0.3 is 0 Å². The molecule has 1 N–H and O–H groups in total. The van der Waals surface area contributed by atoms with E-state index in [1.54, 1.807) is 6.07 Å². The molecule has 1 fully saturated rings. The summed E-state index contributed by atoms with van der Waals surface area (Å²) in [5.74, 6) is -0.709. The molecule has 7 heteroatoms. The maximum absolute atomic E-state index is 13.4. The number of nitrogens with one attached hydrogen (secondary N) is 1. The Labute approximate surface area is 149 Å². The van der Waals surface area contributed by atoms with E-state index in [-0.39, 0.29) is 35.2 Å². The van der Waals surface area contributed by atoms with E-state index in [9.17, 15) is 17.6 Å². The van der Waals surface area contributed by atoms with E-state index in [4.69, 9.17) is 0 Å². The molecule has 1 aliphatic carbocycles. The van der Waals surface area contributed by atoms with Crippen molar-refractivity contribution in [1.29, 1.82) is 0 Å². The number of carbonyl (C=O) groups is 1. The molecule has 140 valence electrons. The molecule has 1 unspecified atom stereocenters. The van der Waals surface area contributed by atoms with Gasteiger partial charge in [0.25, 0.3) is 0 Å². The highest BCUT2D eigenvalue weighted by molar-refractivity contribution is 7.92. The largest absolute Gasteiger partial charge is 0.354 e. The SMILES string of the molecule is CN(C)C(CNC(=O)CCS(=O)(=O)C1CCCC1)c1cccc(F)c1.